The Labute approximate surface area is 136 Å². The highest BCUT2D eigenvalue weighted by molar-refractivity contribution is 9.10. The van der Waals surface area contributed by atoms with Crippen molar-refractivity contribution in [3.05, 3.63) is 32.1 Å². The second kappa shape index (κ2) is 5.66. The normalized spacial score (nSPS) is 23.0. The van der Waals surface area contributed by atoms with Crippen LogP contribution in [0.3, 0.4) is 0 Å². The average Bonchev–Trinajstić information content (AvgIpc) is 2.84. The van der Waals surface area contributed by atoms with Crippen molar-refractivity contribution >= 4 is 39.0 Å². The van der Waals surface area contributed by atoms with Crippen LogP contribution in [0.15, 0.2) is 27.2 Å². The van der Waals surface area contributed by atoms with Gasteiger partial charge in [-0.2, -0.15) is 0 Å². The van der Waals surface area contributed by atoms with Crippen molar-refractivity contribution in [1.82, 2.24) is 10.0 Å². The maximum absolute atomic E-state index is 12.5. The van der Waals surface area contributed by atoms with E-state index >= 15 is 0 Å². The lowest BCUT2D eigenvalue weighted by Crippen LogP contribution is -2.47. The SMILES string of the molecule is CN(C)N1C(=O)C[C@@H](c2cc(Br)cs2)C2=C1CCCC2=O. The summed E-state index contributed by atoms with van der Waals surface area (Å²) < 4.78 is 1.01. The molecule has 0 N–H and O–H groups in total. The zero-order valence-corrected chi connectivity index (χ0v) is 14.5. The third-order valence-electron chi connectivity index (χ3n) is 3.98. The summed E-state index contributed by atoms with van der Waals surface area (Å²) in [6.07, 6.45) is 2.59. The molecule has 1 aliphatic carbocycles. The van der Waals surface area contributed by atoms with E-state index in [-0.39, 0.29) is 17.6 Å². The predicted molar refractivity (Wildman–Crippen MR) is 85.8 cm³/mol. The van der Waals surface area contributed by atoms with Gasteiger partial charge in [-0.05, 0) is 34.8 Å². The molecule has 0 saturated heterocycles. The summed E-state index contributed by atoms with van der Waals surface area (Å²) in [5.41, 5.74) is 1.76. The van der Waals surface area contributed by atoms with Gasteiger partial charge in [-0.25, -0.2) is 10.0 Å². The number of carbonyl (C=O) groups is 2. The van der Waals surface area contributed by atoms with Crippen LogP contribution in [-0.2, 0) is 9.59 Å². The summed E-state index contributed by atoms with van der Waals surface area (Å²) >= 11 is 5.07. The molecule has 0 fully saturated rings. The number of ketones is 1. The summed E-state index contributed by atoms with van der Waals surface area (Å²) in [5.74, 6) is 0.195. The number of rotatable bonds is 2. The Morgan fingerprint density at radius 2 is 2.10 bits per heavy atom. The van der Waals surface area contributed by atoms with Crippen LogP contribution in [0.25, 0.3) is 0 Å². The van der Waals surface area contributed by atoms with Crippen molar-refractivity contribution in [1.29, 1.82) is 0 Å². The largest absolute Gasteiger partial charge is 0.294 e. The molecule has 1 atom stereocenters. The van der Waals surface area contributed by atoms with E-state index in [2.05, 4.69) is 15.9 Å². The molecule has 1 aromatic rings. The van der Waals surface area contributed by atoms with E-state index in [1.165, 1.54) is 0 Å². The summed E-state index contributed by atoms with van der Waals surface area (Å²) in [7, 11) is 3.70. The minimum absolute atomic E-state index is 0.0722. The number of nitrogens with zero attached hydrogens (tertiary/aromatic N) is 2. The molecule has 4 nitrogen and oxygen atoms in total. The lowest BCUT2D eigenvalue weighted by Gasteiger charge is -2.40. The Hall–Kier alpha value is -0.980. The zero-order valence-electron chi connectivity index (χ0n) is 12.1. The van der Waals surface area contributed by atoms with Crippen LogP contribution in [-0.4, -0.2) is 35.8 Å². The first-order valence-electron chi connectivity index (χ1n) is 6.99. The molecule has 1 aromatic heterocycles. The highest BCUT2D eigenvalue weighted by Gasteiger charge is 2.40. The van der Waals surface area contributed by atoms with E-state index in [1.54, 1.807) is 21.4 Å². The Kier molecular flexibility index (Phi) is 4.03. The smallest absolute Gasteiger partial charge is 0.242 e. The van der Waals surface area contributed by atoms with Crippen LogP contribution in [0.4, 0.5) is 0 Å². The van der Waals surface area contributed by atoms with Crippen molar-refractivity contribution < 1.29 is 9.59 Å². The zero-order chi connectivity index (χ0) is 15.1. The quantitative estimate of drug-likeness (QED) is 0.803. The molecule has 1 amide bonds. The first-order chi connectivity index (χ1) is 9.99. The summed E-state index contributed by atoms with van der Waals surface area (Å²) in [5, 5.41) is 5.48. The molecule has 0 saturated carbocycles. The molecule has 0 aromatic carbocycles. The summed E-state index contributed by atoms with van der Waals surface area (Å²) in [4.78, 5) is 26.1. The number of Topliss-reactive ketones (excluding diaryl/α,β-unsaturated/α-hetero) is 1. The van der Waals surface area contributed by atoms with Gasteiger partial charge in [0.25, 0.3) is 0 Å². The van der Waals surface area contributed by atoms with Crippen LogP contribution in [0, 0.1) is 0 Å². The van der Waals surface area contributed by atoms with Crippen molar-refractivity contribution in [2.75, 3.05) is 14.1 Å². The molecule has 6 heteroatoms. The second-order valence-electron chi connectivity index (χ2n) is 5.61. The van der Waals surface area contributed by atoms with Gasteiger partial charge in [-0.1, -0.05) is 0 Å². The molecule has 0 unspecified atom stereocenters. The Bertz CT molecular complexity index is 635. The van der Waals surface area contributed by atoms with Gasteiger partial charge in [0.1, 0.15) is 0 Å². The van der Waals surface area contributed by atoms with Crippen LogP contribution < -0.4 is 0 Å². The first-order valence-corrected chi connectivity index (χ1v) is 8.66. The lowest BCUT2D eigenvalue weighted by atomic mass is 9.80. The third kappa shape index (κ3) is 2.60. The van der Waals surface area contributed by atoms with Gasteiger partial charge >= 0.3 is 0 Å². The minimum Gasteiger partial charge on any atom is -0.294 e. The number of hydrazine groups is 1. The number of allylic oxidation sites excluding steroid dienone is 2. The first kappa shape index (κ1) is 14.9. The molecule has 112 valence electrons. The number of thiophene rings is 1. The van der Waals surface area contributed by atoms with E-state index in [0.717, 1.165) is 33.5 Å². The van der Waals surface area contributed by atoms with E-state index in [4.69, 9.17) is 0 Å². The van der Waals surface area contributed by atoms with Crippen LogP contribution >= 0.6 is 27.3 Å². The van der Waals surface area contributed by atoms with E-state index < -0.39 is 0 Å². The number of hydrogen-bond donors (Lipinski definition) is 0. The average molecular weight is 369 g/mol. The van der Waals surface area contributed by atoms with Crippen LogP contribution in [0.5, 0.6) is 0 Å². The molecular weight excluding hydrogens is 352 g/mol. The van der Waals surface area contributed by atoms with Crippen LogP contribution in [0.2, 0.25) is 0 Å². The maximum atomic E-state index is 12.5. The third-order valence-corrected chi connectivity index (χ3v) is 5.79. The second-order valence-corrected chi connectivity index (χ2v) is 7.47. The molecule has 2 aliphatic rings. The minimum atomic E-state index is -0.0761. The van der Waals surface area contributed by atoms with Gasteiger partial charge in [-0.3, -0.25) is 9.59 Å². The van der Waals surface area contributed by atoms with E-state index in [9.17, 15) is 9.59 Å². The summed E-state index contributed by atoms with van der Waals surface area (Å²) in [6, 6.07) is 2.03. The maximum Gasteiger partial charge on any atom is 0.242 e. The van der Waals surface area contributed by atoms with Crippen molar-refractivity contribution in [3.63, 3.8) is 0 Å². The van der Waals surface area contributed by atoms with Crippen molar-refractivity contribution in [2.24, 2.45) is 0 Å². The molecule has 1 aliphatic heterocycles. The monoisotopic (exact) mass is 368 g/mol. The fourth-order valence-electron chi connectivity index (χ4n) is 3.19. The Morgan fingerprint density at radius 3 is 2.71 bits per heavy atom. The number of carbonyl (C=O) groups excluding carboxylic acids is 2. The van der Waals surface area contributed by atoms with E-state index in [1.807, 2.05) is 25.5 Å². The molecular formula is C15H17BrN2O2S. The van der Waals surface area contributed by atoms with Gasteiger partial charge in [0.2, 0.25) is 5.91 Å². The summed E-state index contributed by atoms with van der Waals surface area (Å²) in [6.45, 7) is 0. The molecule has 21 heavy (non-hydrogen) atoms. The van der Waals surface area contributed by atoms with Gasteiger partial charge in [0.15, 0.2) is 5.78 Å². The molecule has 0 radical (unpaired) electrons. The van der Waals surface area contributed by atoms with Crippen molar-refractivity contribution in [2.45, 2.75) is 31.6 Å². The Balaban J connectivity index is 2.12. The van der Waals surface area contributed by atoms with Gasteiger partial charge < -0.3 is 0 Å². The van der Waals surface area contributed by atoms with Gasteiger partial charge in [-0.15, -0.1) is 11.3 Å². The fourth-order valence-corrected chi connectivity index (χ4v) is 4.75. The fraction of sp³-hybridized carbons (Fsp3) is 0.467. The topological polar surface area (TPSA) is 40.6 Å². The van der Waals surface area contributed by atoms with Gasteiger partial charge in [0.05, 0.1) is 0 Å². The number of hydrogen-bond acceptors (Lipinski definition) is 4. The molecule has 3 rings (SSSR count). The molecule has 0 spiro atoms. The van der Waals surface area contributed by atoms with Crippen LogP contribution in [0.1, 0.15) is 36.5 Å². The van der Waals surface area contributed by atoms with E-state index in [0.29, 0.717) is 12.8 Å². The standard InChI is InChI=1S/C15H17BrN2O2S/c1-17(2)18-11-4-3-5-12(19)15(11)10(7-14(18)20)13-6-9(16)8-21-13/h6,8,10H,3-5,7H2,1-2H3/t10-/m0/s1. The number of amides is 1. The molecule has 0 bridgehead atoms. The highest BCUT2D eigenvalue weighted by atomic mass is 79.9. The predicted octanol–water partition coefficient (Wildman–Crippen LogP) is 3.31. The highest BCUT2D eigenvalue weighted by Crippen LogP contribution is 2.43. The Morgan fingerprint density at radius 1 is 1.33 bits per heavy atom. The van der Waals surface area contributed by atoms with Crippen molar-refractivity contribution in [3.8, 4) is 0 Å². The lowest BCUT2D eigenvalue weighted by molar-refractivity contribution is -0.143. The van der Waals surface area contributed by atoms with Gasteiger partial charge in [0, 0.05) is 58.9 Å². The molecule has 2 heterocycles. The number of halogens is 1.